The maximum Gasteiger partial charge on any atom is 0.247 e. The number of benzene rings is 2. The maximum atomic E-state index is 13.4. The molecule has 0 saturated carbocycles. The van der Waals surface area contributed by atoms with Crippen LogP contribution in [0.1, 0.15) is 103 Å². The van der Waals surface area contributed by atoms with Crippen LogP contribution in [0.2, 0.25) is 0 Å². The molecule has 0 aliphatic carbocycles. The zero-order chi connectivity index (χ0) is 34.6. The molecule has 48 heavy (non-hydrogen) atoms. The third kappa shape index (κ3) is 14.3. The molecule has 2 fully saturated rings. The first kappa shape index (κ1) is 39.5. The fourth-order valence-corrected chi connectivity index (χ4v) is 6.43. The number of unbranched alkanes of at least 4 members (excludes halogenated alkanes) is 10. The normalized spacial score (nSPS) is 18.6. The Kier molecular flexibility index (Phi) is 18.6. The van der Waals surface area contributed by atoms with E-state index in [1.807, 2.05) is 6.07 Å². The lowest BCUT2D eigenvalue weighted by Gasteiger charge is -2.35. The SMILES string of the molecule is CCCCCCCCCCCCCN1CC(C)OC(C)C1.COc1ccc(C(=CC(=O)N2CCOCC2)c2ccc(F)cc2)cc1OC. The molecule has 2 saturated heterocycles. The molecule has 0 aromatic heterocycles. The van der Waals surface area contributed by atoms with E-state index in [-0.39, 0.29) is 11.7 Å². The number of morpholine rings is 2. The fourth-order valence-electron chi connectivity index (χ4n) is 6.43. The monoisotopic (exact) mass is 668 g/mol. The summed E-state index contributed by atoms with van der Waals surface area (Å²) < 4.78 is 35.1. The largest absolute Gasteiger partial charge is 0.493 e. The number of nitrogens with zero attached hydrogens (tertiary/aromatic N) is 2. The molecule has 2 heterocycles. The Labute approximate surface area is 289 Å². The van der Waals surface area contributed by atoms with Crippen LogP contribution in [0.15, 0.2) is 48.5 Å². The molecule has 0 N–H and O–H groups in total. The average Bonchev–Trinajstić information content (AvgIpc) is 3.10. The highest BCUT2D eigenvalue weighted by molar-refractivity contribution is 5.99. The summed E-state index contributed by atoms with van der Waals surface area (Å²) >= 11 is 0. The van der Waals surface area contributed by atoms with E-state index >= 15 is 0 Å². The second-order valence-corrected chi connectivity index (χ2v) is 13.1. The van der Waals surface area contributed by atoms with Crippen molar-refractivity contribution < 1.29 is 28.1 Å². The van der Waals surface area contributed by atoms with Gasteiger partial charge in [-0.2, -0.15) is 0 Å². The number of rotatable bonds is 17. The maximum absolute atomic E-state index is 13.4. The van der Waals surface area contributed by atoms with Crippen LogP contribution in [0, 0.1) is 5.82 Å². The van der Waals surface area contributed by atoms with Gasteiger partial charge in [0, 0.05) is 32.3 Å². The predicted molar refractivity (Wildman–Crippen MR) is 193 cm³/mol. The van der Waals surface area contributed by atoms with Crippen LogP contribution < -0.4 is 9.47 Å². The van der Waals surface area contributed by atoms with Crippen LogP contribution in [0.3, 0.4) is 0 Å². The Morgan fingerprint density at radius 3 is 1.90 bits per heavy atom. The molecule has 4 rings (SSSR count). The van der Waals surface area contributed by atoms with Crippen LogP contribution >= 0.6 is 0 Å². The summed E-state index contributed by atoms with van der Waals surface area (Å²) in [5, 5.41) is 0. The summed E-state index contributed by atoms with van der Waals surface area (Å²) in [6, 6.07) is 11.5. The van der Waals surface area contributed by atoms with Gasteiger partial charge in [0.25, 0.3) is 0 Å². The van der Waals surface area contributed by atoms with Crippen molar-refractivity contribution in [2.45, 2.75) is 104 Å². The van der Waals surface area contributed by atoms with Crippen molar-refractivity contribution in [2.24, 2.45) is 0 Å². The van der Waals surface area contributed by atoms with Gasteiger partial charge in [-0.15, -0.1) is 0 Å². The predicted octanol–water partition coefficient (Wildman–Crippen LogP) is 8.54. The zero-order valence-electron chi connectivity index (χ0n) is 30.3. The number of carbonyl (C=O) groups is 1. The number of amides is 1. The lowest BCUT2D eigenvalue weighted by atomic mass is 9.96. The Bertz CT molecular complexity index is 1200. The number of ether oxygens (including phenoxy) is 4. The summed E-state index contributed by atoms with van der Waals surface area (Å²) in [6.45, 7) is 12.4. The van der Waals surface area contributed by atoms with Crippen molar-refractivity contribution in [1.82, 2.24) is 9.80 Å². The summed E-state index contributed by atoms with van der Waals surface area (Å²) in [5.41, 5.74) is 2.21. The summed E-state index contributed by atoms with van der Waals surface area (Å²) in [6.07, 6.45) is 18.2. The minimum absolute atomic E-state index is 0.104. The number of methoxy groups -OCH3 is 2. The van der Waals surface area contributed by atoms with Crippen molar-refractivity contribution >= 4 is 11.5 Å². The van der Waals surface area contributed by atoms with Gasteiger partial charge in [0.05, 0.1) is 39.6 Å². The van der Waals surface area contributed by atoms with Gasteiger partial charge in [-0.25, -0.2) is 4.39 Å². The molecule has 0 spiro atoms. The molecule has 2 unspecified atom stereocenters. The van der Waals surface area contributed by atoms with Crippen LogP contribution in [0.25, 0.3) is 5.57 Å². The molecule has 1 amide bonds. The molecular formula is C40H61FN2O5. The topological polar surface area (TPSA) is 60.5 Å². The third-order valence-corrected chi connectivity index (χ3v) is 9.01. The van der Waals surface area contributed by atoms with E-state index in [9.17, 15) is 9.18 Å². The van der Waals surface area contributed by atoms with Crippen LogP contribution in [0.5, 0.6) is 11.5 Å². The smallest absolute Gasteiger partial charge is 0.247 e. The van der Waals surface area contributed by atoms with Crippen molar-refractivity contribution in [3.05, 3.63) is 65.5 Å². The molecule has 0 radical (unpaired) electrons. The average molecular weight is 669 g/mol. The van der Waals surface area contributed by atoms with Crippen molar-refractivity contribution in [3.63, 3.8) is 0 Å². The van der Waals surface area contributed by atoms with Crippen LogP contribution in [-0.2, 0) is 14.3 Å². The number of hydrogen-bond acceptors (Lipinski definition) is 6. The molecule has 2 aromatic carbocycles. The van der Waals surface area contributed by atoms with Gasteiger partial charge in [-0.1, -0.05) is 89.3 Å². The van der Waals surface area contributed by atoms with Crippen molar-refractivity contribution in [2.75, 3.05) is 60.2 Å². The molecule has 2 atom stereocenters. The van der Waals surface area contributed by atoms with Gasteiger partial charge in [0.1, 0.15) is 5.82 Å². The van der Waals surface area contributed by atoms with Gasteiger partial charge in [0.15, 0.2) is 11.5 Å². The summed E-state index contributed by atoms with van der Waals surface area (Å²) in [5.74, 6) is 0.721. The highest BCUT2D eigenvalue weighted by atomic mass is 19.1. The Morgan fingerprint density at radius 1 is 0.792 bits per heavy atom. The lowest BCUT2D eigenvalue weighted by Crippen LogP contribution is -2.45. The molecule has 2 aliphatic heterocycles. The molecule has 8 heteroatoms. The zero-order valence-corrected chi connectivity index (χ0v) is 30.3. The Hall–Kier alpha value is -2.94. The molecule has 268 valence electrons. The molecule has 2 aliphatic rings. The Balaban J connectivity index is 0.000000270. The minimum atomic E-state index is -0.329. The highest BCUT2D eigenvalue weighted by Gasteiger charge is 2.21. The number of hydrogen-bond donors (Lipinski definition) is 0. The lowest BCUT2D eigenvalue weighted by molar-refractivity contribution is -0.129. The number of halogens is 1. The third-order valence-electron chi connectivity index (χ3n) is 9.01. The van der Waals surface area contributed by atoms with Gasteiger partial charge in [-0.05, 0) is 67.8 Å². The highest BCUT2D eigenvalue weighted by Crippen LogP contribution is 2.33. The van der Waals surface area contributed by atoms with Gasteiger partial charge < -0.3 is 23.8 Å². The van der Waals surface area contributed by atoms with E-state index < -0.39 is 0 Å². The first-order chi connectivity index (χ1) is 23.3. The fraction of sp³-hybridized carbons (Fsp3) is 0.625. The quantitative estimate of drug-likeness (QED) is 0.124. The molecule has 7 nitrogen and oxygen atoms in total. The van der Waals surface area contributed by atoms with Crippen LogP contribution in [0.4, 0.5) is 4.39 Å². The number of carbonyl (C=O) groups excluding carboxylic acids is 1. The first-order valence-corrected chi connectivity index (χ1v) is 18.3. The molecule has 2 aromatic rings. The van der Waals surface area contributed by atoms with Gasteiger partial charge >= 0.3 is 0 Å². The van der Waals surface area contributed by atoms with Gasteiger partial charge in [0.2, 0.25) is 5.91 Å². The summed E-state index contributed by atoms with van der Waals surface area (Å²) in [7, 11) is 3.12. The second kappa shape index (κ2) is 22.6. The van der Waals surface area contributed by atoms with E-state index in [1.54, 1.807) is 49.5 Å². The van der Waals surface area contributed by atoms with Crippen molar-refractivity contribution in [3.8, 4) is 11.5 Å². The summed E-state index contributed by atoms with van der Waals surface area (Å²) in [4.78, 5) is 17.1. The standard InChI is InChI=1S/C21H22FNO4.C19H39NO/c1-25-19-8-5-16(13-20(19)26-2)18(15-3-6-17(22)7-4-15)14-21(24)23-9-11-27-12-10-23;1-4-5-6-7-8-9-10-11-12-13-14-15-20-16-18(2)21-19(3)17-20/h3-8,13-14H,9-12H2,1-2H3;18-19H,4-17H2,1-3H3. The molecule has 0 bridgehead atoms. The van der Waals surface area contributed by atoms with E-state index in [2.05, 4.69) is 25.7 Å². The van der Waals surface area contributed by atoms with Crippen molar-refractivity contribution in [1.29, 1.82) is 0 Å². The molecular weight excluding hydrogens is 607 g/mol. The van der Waals surface area contributed by atoms with Gasteiger partial charge in [-0.3, -0.25) is 9.69 Å². The Morgan fingerprint density at radius 2 is 1.33 bits per heavy atom. The van der Waals surface area contributed by atoms with E-state index in [0.29, 0.717) is 55.6 Å². The minimum Gasteiger partial charge on any atom is -0.493 e. The van der Waals surface area contributed by atoms with E-state index in [0.717, 1.165) is 24.2 Å². The van der Waals surface area contributed by atoms with E-state index in [1.165, 1.54) is 89.3 Å². The van der Waals surface area contributed by atoms with E-state index in [4.69, 9.17) is 18.9 Å². The second-order valence-electron chi connectivity index (χ2n) is 13.1. The first-order valence-electron chi connectivity index (χ1n) is 18.3. The van der Waals surface area contributed by atoms with Crippen LogP contribution in [-0.4, -0.2) is 88.1 Å².